The molecule has 0 saturated heterocycles. The van der Waals surface area contributed by atoms with Gasteiger partial charge in [-0.3, -0.25) is 14.9 Å². The van der Waals surface area contributed by atoms with Gasteiger partial charge in [-0.15, -0.1) is 0 Å². The predicted molar refractivity (Wildman–Crippen MR) is 126 cm³/mol. The molecular weight excluding hydrogens is 418 g/mol. The van der Waals surface area contributed by atoms with Crippen LogP contribution in [0, 0.1) is 5.92 Å². The fraction of sp³-hybridized carbons (Fsp3) is 0.130. The Kier molecular flexibility index (Phi) is 4.82. The number of nitrogens with one attached hydrogen (secondary N) is 3. The smallest absolute Gasteiger partial charge is 0.251 e. The van der Waals surface area contributed by atoms with Crippen molar-refractivity contribution in [1.82, 2.24) is 35.1 Å². The quantitative estimate of drug-likeness (QED) is 0.315. The summed E-state index contributed by atoms with van der Waals surface area (Å²) < 4.78 is 0. The molecule has 0 aliphatic heterocycles. The van der Waals surface area contributed by atoms with Crippen LogP contribution in [0.25, 0.3) is 44.8 Å². The SMILES string of the molecule is C=C(Nc1cncc(-c2cnc3[nH]nc(-c4nc5c(C(N)=O)ccnc5[nH]4)c3c2)c1)C(C)C. The minimum atomic E-state index is -0.572. The van der Waals surface area contributed by atoms with Crippen LogP contribution in [0.3, 0.4) is 0 Å². The number of amides is 1. The van der Waals surface area contributed by atoms with Gasteiger partial charge in [0.2, 0.25) is 0 Å². The summed E-state index contributed by atoms with van der Waals surface area (Å²) in [7, 11) is 0. The summed E-state index contributed by atoms with van der Waals surface area (Å²) in [6.45, 7) is 8.21. The average molecular weight is 439 g/mol. The third-order valence-electron chi connectivity index (χ3n) is 5.36. The van der Waals surface area contributed by atoms with Gasteiger partial charge in [-0.1, -0.05) is 20.4 Å². The van der Waals surface area contributed by atoms with E-state index in [0.717, 1.165) is 27.9 Å². The lowest BCUT2D eigenvalue weighted by atomic mass is 10.1. The second kappa shape index (κ2) is 7.83. The minimum absolute atomic E-state index is 0.291. The van der Waals surface area contributed by atoms with Crippen LogP contribution in [-0.2, 0) is 0 Å². The summed E-state index contributed by atoms with van der Waals surface area (Å²) >= 11 is 0. The Labute approximate surface area is 188 Å². The van der Waals surface area contributed by atoms with Crippen molar-refractivity contribution in [2.75, 3.05) is 5.32 Å². The zero-order chi connectivity index (χ0) is 23.1. The molecule has 10 heteroatoms. The highest BCUT2D eigenvalue weighted by Gasteiger charge is 2.18. The van der Waals surface area contributed by atoms with Crippen LogP contribution in [0.4, 0.5) is 5.69 Å². The number of nitrogens with two attached hydrogens (primary N) is 1. The van der Waals surface area contributed by atoms with Crippen LogP contribution in [-0.4, -0.2) is 41.0 Å². The first-order chi connectivity index (χ1) is 15.9. The van der Waals surface area contributed by atoms with E-state index < -0.39 is 5.91 Å². The Bertz CT molecular complexity index is 1530. The van der Waals surface area contributed by atoms with E-state index in [1.807, 2.05) is 12.1 Å². The first-order valence-electron chi connectivity index (χ1n) is 10.3. The van der Waals surface area contributed by atoms with Gasteiger partial charge in [0, 0.05) is 35.4 Å². The van der Waals surface area contributed by atoms with Crippen LogP contribution in [0.1, 0.15) is 24.2 Å². The molecule has 0 atom stereocenters. The van der Waals surface area contributed by atoms with Crippen molar-refractivity contribution in [3.05, 3.63) is 60.8 Å². The van der Waals surface area contributed by atoms with Crippen LogP contribution >= 0.6 is 0 Å². The van der Waals surface area contributed by atoms with Gasteiger partial charge in [-0.25, -0.2) is 15.0 Å². The summed E-state index contributed by atoms with van der Waals surface area (Å²) in [6.07, 6.45) is 6.79. The van der Waals surface area contributed by atoms with E-state index in [4.69, 9.17) is 5.73 Å². The predicted octanol–water partition coefficient (Wildman–Crippen LogP) is 3.64. The Morgan fingerprint density at radius 2 is 1.94 bits per heavy atom. The van der Waals surface area contributed by atoms with Crippen molar-refractivity contribution in [3.8, 4) is 22.6 Å². The summed E-state index contributed by atoms with van der Waals surface area (Å²) in [5, 5.41) is 11.4. The molecule has 1 amide bonds. The number of primary amides is 1. The van der Waals surface area contributed by atoms with Crippen molar-refractivity contribution in [2.45, 2.75) is 13.8 Å². The number of imidazole rings is 1. The van der Waals surface area contributed by atoms with Crippen molar-refractivity contribution in [1.29, 1.82) is 0 Å². The maximum Gasteiger partial charge on any atom is 0.251 e. The number of allylic oxidation sites excluding steroid dienone is 1. The van der Waals surface area contributed by atoms with Gasteiger partial charge in [-0.2, -0.15) is 5.10 Å². The molecule has 0 fully saturated rings. The molecule has 164 valence electrons. The van der Waals surface area contributed by atoms with E-state index in [1.54, 1.807) is 24.7 Å². The normalized spacial score (nSPS) is 11.4. The summed E-state index contributed by atoms with van der Waals surface area (Å²) in [5.41, 5.74) is 11.3. The van der Waals surface area contributed by atoms with Crippen molar-refractivity contribution in [2.24, 2.45) is 11.7 Å². The standard InChI is InChI=1S/C23H21N9O/c1-11(2)12(3)28-15-6-13(8-25-10-15)14-7-17-19(31-32-21(17)27-9-14)23-29-18-16(20(24)33)4-5-26-22(18)30-23/h4-11,28H,3H2,1-2H3,(H2,24,33)(H,26,29,30)(H,27,31,32). The molecule has 33 heavy (non-hydrogen) atoms. The van der Waals surface area contributed by atoms with E-state index in [2.05, 4.69) is 60.9 Å². The molecule has 5 aromatic rings. The number of H-pyrrole nitrogens is 2. The Hall–Kier alpha value is -4.60. The average Bonchev–Trinajstić information content (AvgIpc) is 3.42. The minimum Gasteiger partial charge on any atom is -0.366 e. The van der Waals surface area contributed by atoms with E-state index in [-0.39, 0.29) is 0 Å². The monoisotopic (exact) mass is 439 g/mol. The lowest BCUT2D eigenvalue weighted by Crippen LogP contribution is -2.11. The Morgan fingerprint density at radius 1 is 1.12 bits per heavy atom. The van der Waals surface area contributed by atoms with E-state index >= 15 is 0 Å². The van der Waals surface area contributed by atoms with Crippen molar-refractivity contribution < 1.29 is 4.79 Å². The first-order valence-corrected chi connectivity index (χ1v) is 10.3. The maximum atomic E-state index is 11.7. The first kappa shape index (κ1) is 20.3. The highest BCUT2D eigenvalue weighted by atomic mass is 16.1. The van der Waals surface area contributed by atoms with Crippen molar-refractivity contribution in [3.63, 3.8) is 0 Å². The van der Waals surface area contributed by atoms with Gasteiger partial charge in [0.05, 0.1) is 22.8 Å². The van der Waals surface area contributed by atoms with E-state index in [0.29, 0.717) is 39.8 Å². The molecule has 0 bridgehead atoms. The van der Waals surface area contributed by atoms with Gasteiger partial charge >= 0.3 is 0 Å². The number of aromatic amines is 2. The maximum absolute atomic E-state index is 11.7. The molecule has 10 nitrogen and oxygen atoms in total. The van der Waals surface area contributed by atoms with Crippen LogP contribution in [0.2, 0.25) is 0 Å². The van der Waals surface area contributed by atoms with Crippen LogP contribution in [0.5, 0.6) is 0 Å². The zero-order valence-corrected chi connectivity index (χ0v) is 18.0. The molecule has 5 aromatic heterocycles. The molecule has 0 aliphatic carbocycles. The third kappa shape index (κ3) is 3.67. The highest BCUT2D eigenvalue weighted by Crippen LogP contribution is 2.30. The highest BCUT2D eigenvalue weighted by molar-refractivity contribution is 6.04. The van der Waals surface area contributed by atoms with Gasteiger partial charge in [0.15, 0.2) is 17.1 Å². The number of anilines is 1. The molecule has 5 heterocycles. The number of fused-ring (bicyclic) bond motifs is 2. The molecule has 0 spiro atoms. The van der Waals surface area contributed by atoms with E-state index in [9.17, 15) is 4.79 Å². The zero-order valence-electron chi connectivity index (χ0n) is 18.0. The van der Waals surface area contributed by atoms with E-state index in [1.165, 1.54) is 6.20 Å². The summed E-state index contributed by atoms with van der Waals surface area (Å²) in [6, 6.07) is 5.50. The molecule has 5 rings (SSSR count). The van der Waals surface area contributed by atoms with Gasteiger partial charge in [0.1, 0.15) is 11.2 Å². The van der Waals surface area contributed by atoms with Crippen LogP contribution < -0.4 is 11.1 Å². The second-order valence-electron chi connectivity index (χ2n) is 7.96. The molecule has 0 aromatic carbocycles. The largest absolute Gasteiger partial charge is 0.366 e. The Morgan fingerprint density at radius 3 is 2.73 bits per heavy atom. The lowest BCUT2D eigenvalue weighted by Gasteiger charge is -2.13. The number of carbonyl (C=O) groups is 1. The fourth-order valence-corrected chi connectivity index (χ4v) is 3.46. The number of carbonyl (C=O) groups excluding carboxylic acids is 1. The number of pyridine rings is 3. The topological polar surface area (TPSA) is 151 Å². The van der Waals surface area contributed by atoms with Crippen LogP contribution in [0.15, 0.2) is 55.3 Å². The third-order valence-corrected chi connectivity index (χ3v) is 5.36. The fourth-order valence-electron chi connectivity index (χ4n) is 3.46. The summed E-state index contributed by atoms with van der Waals surface area (Å²) in [4.78, 5) is 32.5. The number of nitrogens with zero attached hydrogens (tertiary/aromatic N) is 5. The number of aromatic nitrogens is 7. The molecule has 0 radical (unpaired) electrons. The Balaban J connectivity index is 1.57. The second-order valence-corrected chi connectivity index (χ2v) is 7.96. The number of hydrogen-bond acceptors (Lipinski definition) is 7. The summed E-state index contributed by atoms with van der Waals surface area (Å²) in [5.74, 6) is 0.184. The van der Waals surface area contributed by atoms with Gasteiger partial charge in [-0.05, 0) is 24.1 Å². The van der Waals surface area contributed by atoms with Crippen molar-refractivity contribution >= 4 is 33.8 Å². The lowest BCUT2D eigenvalue weighted by molar-refractivity contribution is 0.100. The molecular formula is C23H21N9O. The van der Waals surface area contributed by atoms with Gasteiger partial charge < -0.3 is 16.0 Å². The molecule has 0 aliphatic rings. The van der Waals surface area contributed by atoms with Gasteiger partial charge in [0.25, 0.3) is 5.91 Å². The molecule has 0 saturated carbocycles. The number of hydrogen-bond donors (Lipinski definition) is 4. The molecule has 0 unspecified atom stereocenters. The molecule has 5 N–H and O–H groups in total. The number of rotatable bonds is 6.